The van der Waals surface area contributed by atoms with E-state index in [1.165, 1.54) is 57.8 Å². The van der Waals surface area contributed by atoms with Gasteiger partial charge in [-0.3, -0.25) is 4.79 Å². The molecule has 0 spiro atoms. The third kappa shape index (κ3) is 30.8. The highest BCUT2D eigenvalue weighted by molar-refractivity contribution is 5.76. The number of allylic oxidation sites excluding steroid dienone is 14. The van der Waals surface area contributed by atoms with Crippen LogP contribution in [-0.2, 0) is 33.2 Å². The van der Waals surface area contributed by atoms with Gasteiger partial charge in [0.05, 0.1) is 38.6 Å². The Morgan fingerprint density at radius 2 is 0.812 bits per heavy atom. The van der Waals surface area contributed by atoms with E-state index in [0.29, 0.717) is 12.8 Å². The summed E-state index contributed by atoms with van der Waals surface area (Å²) in [4.78, 5) is 13.3. The van der Waals surface area contributed by atoms with Crippen LogP contribution in [0.5, 0.6) is 0 Å². The molecule has 17 unspecified atom stereocenters. The highest BCUT2D eigenvalue weighted by Crippen LogP contribution is 2.33. The van der Waals surface area contributed by atoms with E-state index in [-0.39, 0.29) is 18.9 Å². The maximum absolute atomic E-state index is 13.3. The van der Waals surface area contributed by atoms with E-state index in [4.69, 9.17) is 28.4 Å². The molecule has 1 amide bonds. The zero-order valence-electron chi connectivity index (χ0n) is 51.3. The van der Waals surface area contributed by atoms with Crippen molar-refractivity contribution < 1.29 is 89.4 Å². The summed E-state index contributed by atoms with van der Waals surface area (Å²) >= 11 is 0. The average molecular weight is 1210 g/mol. The number of aliphatic hydroxyl groups excluding tert-OH is 11. The van der Waals surface area contributed by atoms with Gasteiger partial charge in [0.1, 0.15) is 73.2 Å². The molecule has 19 nitrogen and oxygen atoms in total. The highest BCUT2D eigenvalue weighted by Gasteiger charge is 2.53. The SMILES string of the molecule is CC/C=C\C/C=C\C/C=C\C/C=C\C/C=C\C/C=C\C/C=C\CCCCCCCCCCCC(=O)NC(COC1OC(CO)C(OC2OC(CO)C(OC3OC(CO)C(O)C(O)C3O)C(O)C2O)C(O)C1O)C(O)CCCCCCCCCCC. The van der Waals surface area contributed by atoms with Crippen molar-refractivity contribution in [2.75, 3.05) is 26.4 Å². The largest absolute Gasteiger partial charge is 0.394 e. The lowest BCUT2D eigenvalue weighted by atomic mass is 9.96. The molecule has 3 fully saturated rings. The van der Waals surface area contributed by atoms with Gasteiger partial charge in [0, 0.05) is 6.42 Å². The maximum atomic E-state index is 13.3. The smallest absolute Gasteiger partial charge is 0.220 e. The Morgan fingerprint density at radius 3 is 1.27 bits per heavy atom. The van der Waals surface area contributed by atoms with Crippen LogP contribution < -0.4 is 5.32 Å². The normalized spacial score (nSPS) is 29.5. The third-order valence-corrected chi connectivity index (χ3v) is 15.7. The summed E-state index contributed by atoms with van der Waals surface area (Å²) < 4.78 is 34.3. The van der Waals surface area contributed by atoms with Crippen LogP contribution in [0.4, 0.5) is 0 Å². The molecule has 85 heavy (non-hydrogen) atoms. The van der Waals surface area contributed by atoms with Gasteiger partial charge in [-0.2, -0.15) is 0 Å². The average Bonchev–Trinajstić information content (AvgIpc) is 2.29. The minimum Gasteiger partial charge on any atom is -0.394 e. The first-order chi connectivity index (χ1) is 41.3. The summed E-state index contributed by atoms with van der Waals surface area (Å²) in [5.41, 5.74) is 0. The van der Waals surface area contributed by atoms with Crippen molar-refractivity contribution in [3.63, 3.8) is 0 Å². The molecule has 0 aromatic rings. The second kappa shape index (κ2) is 47.9. The van der Waals surface area contributed by atoms with E-state index in [9.17, 15) is 61.0 Å². The van der Waals surface area contributed by atoms with Crippen LogP contribution in [0.1, 0.15) is 194 Å². The predicted octanol–water partition coefficient (Wildman–Crippen LogP) is 7.15. The zero-order valence-corrected chi connectivity index (χ0v) is 51.3. The Bertz CT molecular complexity index is 1880. The molecule has 0 radical (unpaired) electrons. The summed E-state index contributed by atoms with van der Waals surface area (Å²) in [6.07, 6.45) is 32.6. The molecule has 3 aliphatic rings. The number of carbonyl (C=O) groups is 1. The number of rotatable bonds is 47. The molecule has 3 aliphatic heterocycles. The first-order valence-electron chi connectivity index (χ1n) is 32.3. The fourth-order valence-corrected chi connectivity index (χ4v) is 10.5. The Kier molecular flexibility index (Phi) is 43.0. The maximum Gasteiger partial charge on any atom is 0.220 e. The minimum absolute atomic E-state index is 0.253. The number of hydrogen-bond donors (Lipinski definition) is 12. The van der Waals surface area contributed by atoms with Crippen LogP contribution >= 0.6 is 0 Å². The summed E-state index contributed by atoms with van der Waals surface area (Å²) in [5.74, 6) is -0.256. The van der Waals surface area contributed by atoms with Crippen LogP contribution in [0, 0.1) is 0 Å². The molecule has 17 atom stereocenters. The van der Waals surface area contributed by atoms with Crippen molar-refractivity contribution in [1.82, 2.24) is 5.32 Å². The first kappa shape index (κ1) is 76.2. The number of amides is 1. The standard InChI is InChI=1S/C66H113NO18/c1-3-5-7-9-11-13-14-15-16-17-18-19-20-21-22-23-24-25-26-27-28-29-30-31-32-33-34-36-38-40-42-44-54(72)67-49(50(71)43-41-39-37-35-12-10-8-6-4-2)48-80-64-60(78)57(75)62(52(46-69)82-64)85-66-61(79)58(76)63(53(47-70)83-66)84-65-59(77)56(74)55(73)51(45-68)81-65/h5,7,11,13,15-16,18-19,21-22,24-25,27-28,49-53,55-66,68-71,73-79H,3-4,6,8-10,12,14,17,20,23,26,29-48H2,1-2H3,(H,67,72)/b7-5-,13-11-,16-15-,19-18-,22-21-,25-24-,28-27-. The monoisotopic (exact) mass is 1210 g/mol. The molecule has 0 aromatic heterocycles. The quantitative estimate of drug-likeness (QED) is 0.0213. The zero-order chi connectivity index (χ0) is 61.9. The second-order valence-corrected chi connectivity index (χ2v) is 22.8. The Hall–Kier alpha value is -3.03. The number of aliphatic hydroxyl groups is 11. The Morgan fingerprint density at radius 1 is 0.435 bits per heavy atom. The van der Waals surface area contributed by atoms with E-state index < -0.39 is 124 Å². The topological polar surface area (TPSA) is 307 Å². The summed E-state index contributed by atoms with van der Waals surface area (Å²) in [5, 5.41) is 120. The van der Waals surface area contributed by atoms with Gasteiger partial charge < -0.3 is 89.9 Å². The molecule has 12 N–H and O–H groups in total. The molecule has 0 aliphatic carbocycles. The molecule has 19 heteroatoms. The van der Waals surface area contributed by atoms with E-state index in [1.54, 1.807) is 0 Å². The molecular weight excluding hydrogens is 1090 g/mol. The van der Waals surface area contributed by atoms with Crippen LogP contribution in [0.15, 0.2) is 85.1 Å². The number of carbonyl (C=O) groups excluding carboxylic acids is 1. The van der Waals surface area contributed by atoms with Crippen molar-refractivity contribution in [2.24, 2.45) is 0 Å². The lowest BCUT2D eigenvalue weighted by Gasteiger charge is -2.48. The van der Waals surface area contributed by atoms with Gasteiger partial charge in [-0.15, -0.1) is 0 Å². The van der Waals surface area contributed by atoms with Crippen LogP contribution in [0.2, 0.25) is 0 Å². The molecule has 3 rings (SSSR count). The third-order valence-electron chi connectivity index (χ3n) is 15.7. The lowest BCUT2D eigenvalue weighted by Crippen LogP contribution is -2.66. The first-order valence-corrected chi connectivity index (χ1v) is 32.3. The minimum atomic E-state index is -1.97. The summed E-state index contributed by atoms with van der Waals surface area (Å²) in [7, 11) is 0. The van der Waals surface area contributed by atoms with Crippen molar-refractivity contribution in [3.05, 3.63) is 85.1 Å². The van der Waals surface area contributed by atoms with E-state index in [0.717, 1.165) is 103 Å². The number of unbranched alkanes of at least 4 members (excludes halogenated alkanes) is 17. The van der Waals surface area contributed by atoms with Crippen LogP contribution in [0.3, 0.4) is 0 Å². The summed E-state index contributed by atoms with van der Waals surface area (Å²) in [6.45, 7) is 1.62. The number of nitrogens with one attached hydrogen (secondary N) is 1. The van der Waals surface area contributed by atoms with Gasteiger partial charge >= 0.3 is 0 Å². The fraction of sp³-hybridized carbons (Fsp3) is 0.773. The molecule has 490 valence electrons. The van der Waals surface area contributed by atoms with Crippen molar-refractivity contribution in [1.29, 1.82) is 0 Å². The van der Waals surface area contributed by atoms with Gasteiger partial charge in [-0.1, -0.05) is 202 Å². The Balaban J connectivity index is 1.37. The number of ether oxygens (including phenoxy) is 6. The van der Waals surface area contributed by atoms with Crippen LogP contribution in [-0.4, -0.2) is 193 Å². The van der Waals surface area contributed by atoms with Crippen molar-refractivity contribution in [2.45, 2.75) is 298 Å². The van der Waals surface area contributed by atoms with Gasteiger partial charge in [0.15, 0.2) is 18.9 Å². The van der Waals surface area contributed by atoms with Gasteiger partial charge in [-0.05, 0) is 70.6 Å². The number of hydrogen-bond acceptors (Lipinski definition) is 18. The molecule has 0 saturated carbocycles. The lowest BCUT2D eigenvalue weighted by molar-refractivity contribution is -0.379. The van der Waals surface area contributed by atoms with Crippen molar-refractivity contribution >= 4 is 5.91 Å². The molecule has 0 aromatic carbocycles. The Labute approximate surface area is 508 Å². The van der Waals surface area contributed by atoms with E-state index in [2.05, 4.69) is 104 Å². The predicted molar refractivity (Wildman–Crippen MR) is 328 cm³/mol. The van der Waals surface area contributed by atoms with Gasteiger partial charge in [0.25, 0.3) is 0 Å². The molecule has 0 bridgehead atoms. The summed E-state index contributed by atoms with van der Waals surface area (Å²) in [6, 6.07) is -0.894. The molecular formula is C66H113NO18. The van der Waals surface area contributed by atoms with Crippen molar-refractivity contribution in [3.8, 4) is 0 Å². The fourth-order valence-electron chi connectivity index (χ4n) is 10.5. The highest BCUT2D eigenvalue weighted by atomic mass is 16.8. The van der Waals surface area contributed by atoms with Crippen LogP contribution in [0.25, 0.3) is 0 Å². The molecule has 3 heterocycles. The van der Waals surface area contributed by atoms with E-state index in [1.807, 2.05) is 0 Å². The second-order valence-electron chi connectivity index (χ2n) is 22.8. The van der Waals surface area contributed by atoms with E-state index >= 15 is 0 Å². The molecule has 3 saturated heterocycles. The van der Waals surface area contributed by atoms with Gasteiger partial charge in [-0.25, -0.2) is 0 Å². The van der Waals surface area contributed by atoms with Gasteiger partial charge in [0.2, 0.25) is 5.91 Å².